The molecule has 16 heavy (non-hydrogen) atoms. The molecule has 2 aromatic rings. The Kier molecular flexibility index (Phi) is 2.52. The van der Waals surface area contributed by atoms with Gasteiger partial charge in [0.1, 0.15) is 0 Å². The number of nitrogens with two attached hydrogens (primary N) is 1. The second-order valence-corrected chi connectivity index (χ2v) is 4.01. The highest BCUT2D eigenvalue weighted by atomic mass is 16.2. The quantitative estimate of drug-likeness (QED) is 0.664. The number of anilines is 1. The number of hydrogen-bond donors (Lipinski definition) is 3. The molecule has 1 amide bonds. The average molecular weight is 218 g/mol. The summed E-state index contributed by atoms with van der Waals surface area (Å²) < 4.78 is 0. The molecule has 0 unspecified atom stereocenters. The van der Waals surface area contributed by atoms with E-state index in [9.17, 15) is 4.79 Å². The molecular weight excluding hydrogens is 204 g/mol. The summed E-state index contributed by atoms with van der Waals surface area (Å²) in [5.74, 6) is -0.188. The fourth-order valence-electron chi connectivity index (χ4n) is 1.54. The number of carbonyl (C=O) groups excluding carboxylic acids is 1. The van der Waals surface area contributed by atoms with E-state index in [1.54, 1.807) is 12.1 Å². The number of fused-ring (bicyclic) bond motifs is 1. The van der Waals surface area contributed by atoms with Crippen LogP contribution in [0, 0.1) is 0 Å². The van der Waals surface area contributed by atoms with Crippen molar-refractivity contribution >= 4 is 22.5 Å². The predicted octanol–water partition coefficient (Wildman–Crippen LogP) is 1.28. The Balaban J connectivity index is 2.44. The number of nitrogen functional groups attached to an aromatic ring is 1. The molecule has 4 N–H and O–H groups in total. The van der Waals surface area contributed by atoms with Crippen LogP contribution in [0.5, 0.6) is 0 Å². The average Bonchev–Trinajstić information content (AvgIpc) is 2.59. The highest BCUT2D eigenvalue weighted by molar-refractivity contribution is 6.05. The van der Waals surface area contributed by atoms with Crippen molar-refractivity contribution in [3.05, 3.63) is 23.9 Å². The third-order valence-corrected chi connectivity index (χ3v) is 2.22. The number of carbonyl (C=O) groups is 1. The van der Waals surface area contributed by atoms with Crippen molar-refractivity contribution in [3.8, 4) is 0 Å². The second-order valence-electron chi connectivity index (χ2n) is 4.01. The summed E-state index contributed by atoms with van der Waals surface area (Å²) in [4.78, 5) is 11.8. The van der Waals surface area contributed by atoms with Gasteiger partial charge in [-0.2, -0.15) is 5.10 Å². The summed E-state index contributed by atoms with van der Waals surface area (Å²) in [6, 6.07) is 5.41. The highest BCUT2D eigenvalue weighted by Crippen LogP contribution is 2.18. The zero-order chi connectivity index (χ0) is 11.7. The number of aromatic nitrogens is 2. The SMILES string of the molecule is CC(C)NC(=O)c1n[nH]c2ccc(N)cc12. The monoisotopic (exact) mass is 218 g/mol. The molecule has 84 valence electrons. The Morgan fingerprint density at radius 3 is 2.94 bits per heavy atom. The van der Waals surface area contributed by atoms with E-state index >= 15 is 0 Å². The van der Waals surface area contributed by atoms with Gasteiger partial charge in [0.2, 0.25) is 0 Å². The van der Waals surface area contributed by atoms with Crippen LogP contribution >= 0.6 is 0 Å². The van der Waals surface area contributed by atoms with Gasteiger partial charge in [-0.05, 0) is 32.0 Å². The van der Waals surface area contributed by atoms with Crippen LogP contribution in [0.1, 0.15) is 24.3 Å². The van der Waals surface area contributed by atoms with Gasteiger partial charge in [-0.25, -0.2) is 0 Å². The van der Waals surface area contributed by atoms with Crippen molar-refractivity contribution < 1.29 is 4.79 Å². The first-order valence-corrected chi connectivity index (χ1v) is 5.12. The van der Waals surface area contributed by atoms with E-state index < -0.39 is 0 Å². The van der Waals surface area contributed by atoms with Gasteiger partial charge in [0.15, 0.2) is 5.69 Å². The number of amides is 1. The summed E-state index contributed by atoms with van der Waals surface area (Å²) >= 11 is 0. The second kappa shape index (κ2) is 3.84. The van der Waals surface area contributed by atoms with Gasteiger partial charge < -0.3 is 11.1 Å². The number of aromatic amines is 1. The summed E-state index contributed by atoms with van der Waals surface area (Å²) in [6.07, 6.45) is 0. The van der Waals surface area contributed by atoms with E-state index in [-0.39, 0.29) is 11.9 Å². The summed E-state index contributed by atoms with van der Waals surface area (Å²) in [5.41, 5.74) is 7.49. The lowest BCUT2D eigenvalue weighted by atomic mass is 10.2. The maximum Gasteiger partial charge on any atom is 0.272 e. The number of hydrogen-bond acceptors (Lipinski definition) is 3. The molecule has 0 fully saturated rings. The smallest absolute Gasteiger partial charge is 0.272 e. The number of nitrogens with one attached hydrogen (secondary N) is 2. The third kappa shape index (κ3) is 1.84. The van der Waals surface area contributed by atoms with Crippen molar-refractivity contribution in [2.24, 2.45) is 0 Å². The molecule has 0 bridgehead atoms. The van der Waals surface area contributed by atoms with Crippen LogP contribution in [-0.4, -0.2) is 22.1 Å². The maximum absolute atomic E-state index is 11.8. The zero-order valence-electron chi connectivity index (χ0n) is 9.24. The topological polar surface area (TPSA) is 83.8 Å². The van der Waals surface area contributed by atoms with Crippen molar-refractivity contribution in [1.29, 1.82) is 0 Å². The standard InChI is InChI=1S/C11H14N4O/c1-6(2)13-11(16)10-8-5-7(12)3-4-9(8)14-15-10/h3-6H,12H2,1-2H3,(H,13,16)(H,14,15). The number of nitrogens with zero attached hydrogens (tertiary/aromatic N) is 1. The Morgan fingerprint density at radius 1 is 1.50 bits per heavy atom. The van der Waals surface area contributed by atoms with Gasteiger partial charge in [-0.1, -0.05) is 0 Å². The van der Waals surface area contributed by atoms with Crippen LogP contribution in [0.15, 0.2) is 18.2 Å². The van der Waals surface area contributed by atoms with Crippen LogP contribution < -0.4 is 11.1 Å². The molecule has 0 spiro atoms. The van der Waals surface area contributed by atoms with E-state index in [1.807, 2.05) is 19.9 Å². The number of rotatable bonds is 2. The normalized spacial score (nSPS) is 10.9. The van der Waals surface area contributed by atoms with Crippen molar-refractivity contribution in [3.63, 3.8) is 0 Å². The molecule has 0 saturated carbocycles. The minimum atomic E-state index is -0.188. The van der Waals surface area contributed by atoms with E-state index in [0.29, 0.717) is 11.4 Å². The molecule has 0 aliphatic heterocycles. The van der Waals surface area contributed by atoms with Gasteiger partial charge in [-0.15, -0.1) is 0 Å². The molecule has 0 aliphatic carbocycles. The van der Waals surface area contributed by atoms with Gasteiger partial charge >= 0.3 is 0 Å². The molecule has 2 rings (SSSR count). The lowest BCUT2D eigenvalue weighted by Gasteiger charge is -2.06. The zero-order valence-corrected chi connectivity index (χ0v) is 9.24. The first kappa shape index (κ1) is 10.5. The van der Waals surface area contributed by atoms with Crippen LogP contribution in [0.2, 0.25) is 0 Å². The number of benzene rings is 1. The van der Waals surface area contributed by atoms with E-state index in [1.165, 1.54) is 0 Å². The number of H-pyrrole nitrogens is 1. The first-order chi connectivity index (χ1) is 7.58. The molecule has 0 saturated heterocycles. The van der Waals surface area contributed by atoms with Gasteiger partial charge in [-0.3, -0.25) is 9.89 Å². The molecule has 0 aliphatic rings. The molecule has 0 radical (unpaired) electrons. The Bertz CT molecular complexity index is 530. The van der Waals surface area contributed by atoms with E-state index in [2.05, 4.69) is 15.5 Å². The summed E-state index contributed by atoms with van der Waals surface area (Å²) in [7, 11) is 0. The predicted molar refractivity (Wildman–Crippen MR) is 63.1 cm³/mol. The van der Waals surface area contributed by atoms with E-state index in [0.717, 1.165) is 10.9 Å². The van der Waals surface area contributed by atoms with Crippen molar-refractivity contribution in [2.75, 3.05) is 5.73 Å². The molecule has 0 atom stereocenters. The highest BCUT2D eigenvalue weighted by Gasteiger charge is 2.14. The largest absolute Gasteiger partial charge is 0.399 e. The Hall–Kier alpha value is -2.04. The van der Waals surface area contributed by atoms with Gasteiger partial charge in [0, 0.05) is 17.1 Å². The minimum Gasteiger partial charge on any atom is -0.399 e. The van der Waals surface area contributed by atoms with Gasteiger partial charge in [0.05, 0.1) is 5.52 Å². The summed E-state index contributed by atoms with van der Waals surface area (Å²) in [6.45, 7) is 3.81. The molecule has 1 heterocycles. The lowest BCUT2D eigenvalue weighted by Crippen LogP contribution is -2.30. The third-order valence-electron chi connectivity index (χ3n) is 2.22. The lowest BCUT2D eigenvalue weighted by molar-refractivity contribution is 0.0939. The summed E-state index contributed by atoms with van der Waals surface area (Å²) in [5, 5.41) is 10.3. The van der Waals surface area contributed by atoms with Crippen LogP contribution in [0.25, 0.3) is 10.9 Å². The molecular formula is C11H14N4O. The molecule has 1 aromatic heterocycles. The first-order valence-electron chi connectivity index (χ1n) is 5.12. The van der Waals surface area contributed by atoms with Crippen molar-refractivity contribution in [1.82, 2.24) is 15.5 Å². The molecule has 5 heteroatoms. The fraction of sp³-hybridized carbons (Fsp3) is 0.273. The Morgan fingerprint density at radius 2 is 2.25 bits per heavy atom. The van der Waals surface area contributed by atoms with Crippen molar-refractivity contribution in [2.45, 2.75) is 19.9 Å². The van der Waals surface area contributed by atoms with Crippen LogP contribution in [-0.2, 0) is 0 Å². The minimum absolute atomic E-state index is 0.0836. The maximum atomic E-state index is 11.8. The fourth-order valence-corrected chi connectivity index (χ4v) is 1.54. The van der Waals surface area contributed by atoms with Crippen LogP contribution in [0.4, 0.5) is 5.69 Å². The Labute approximate surface area is 93.0 Å². The van der Waals surface area contributed by atoms with Gasteiger partial charge in [0.25, 0.3) is 5.91 Å². The van der Waals surface area contributed by atoms with E-state index in [4.69, 9.17) is 5.73 Å². The van der Waals surface area contributed by atoms with Crippen LogP contribution in [0.3, 0.4) is 0 Å². The molecule has 5 nitrogen and oxygen atoms in total. The molecule has 1 aromatic carbocycles.